The highest BCUT2D eigenvalue weighted by molar-refractivity contribution is 5.15. The van der Waals surface area contributed by atoms with Crippen molar-refractivity contribution < 1.29 is 15.3 Å². The first-order valence-electron chi connectivity index (χ1n) is 7.32. The average Bonchev–Trinajstić information content (AvgIpc) is 2.39. The molecule has 3 heteroatoms. The van der Waals surface area contributed by atoms with Crippen LogP contribution in [0.25, 0.3) is 0 Å². The van der Waals surface area contributed by atoms with Gasteiger partial charge >= 0.3 is 5.95 Å². The predicted octanol–water partition coefficient (Wildman–Crippen LogP) is 5.47. The highest BCUT2D eigenvalue weighted by atomic mass is 16.5. The Morgan fingerprint density at radius 1 is 0.789 bits per heavy atom. The van der Waals surface area contributed by atoms with Gasteiger partial charge in [0.15, 0.2) is 5.76 Å². The maximum atomic E-state index is 8.95. The fraction of sp³-hybridized carbons (Fsp3) is 0.625. The molecule has 110 valence electrons. The summed E-state index contributed by atoms with van der Waals surface area (Å²) in [6.07, 6.45) is 18.2. The summed E-state index contributed by atoms with van der Waals surface area (Å²) in [4.78, 5) is 0. The second-order valence-corrected chi connectivity index (χ2v) is 4.76. The first-order valence-corrected chi connectivity index (χ1v) is 7.32. The molecule has 0 aliphatic rings. The Balaban J connectivity index is 3.37. The normalized spacial score (nSPS) is 11.4. The minimum absolute atomic E-state index is 0.517. The van der Waals surface area contributed by atoms with E-state index in [2.05, 4.69) is 6.92 Å². The average molecular weight is 268 g/mol. The first-order chi connectivity index (χ1) is 9.18. The molecule has 0 bridgehead atoms. The lowest BCUT2D eigenvalue weighted by atomic mass is 10.1. The first kappa shape index (κ1) is 17.6. The molecular formula is C16H28O3. The molecule has 0 aromatic heterocycles. The Morgan fingerprint density at radius 2 is 1.37 bits per heavy atom. The molecule has 0 aromatic rings. The smallest absolute Gasteiger partial charge is 0.318 e. The highest BCUT2D eigenvalue weighted by Crippen LogP contribution is 2.09. The molecule has 0 spiro atoms. The van der Waals surface area contributed by atoms with E-state index in [0.717, 1.165) is 6.42 Å². The van der Waals surface area contributed by atoms with E-state index in [1.165, 1.54) is 57.4 Å². The van der Waals surface area contributed by atoms with Gasteiger partial charge in [-0.1, -0.05) is 70.1 Å². The third kappa shape index (κ3) is 12.9. The molecule has 0 fully saturated rings. The quantitative estimate of drug-likeness (QED) is 0.264. The maximum absolute atomic E-state index is 8.95. The van der Waals surface area contributed by atoms with Gasteiger partial charge in [-0.3, -0.25) is 0 Å². The van der Waals surface area contributed by atoms with Crippen LogP contribution in [0, 0.1) is 0 Å². The minimum Gasteiger partial charge on any atom is -0.502 e. The summed E-state index contributed by atoms with van der Waals surface area (Å²) in [6.45, 7) is 2.23. The lowest BCUT2D eigenvalue weighted by Gasteiger charge is -1.99. The standard InChI is InChI=1S/C16H28O3/c1-2-3-4-5-6-7-8-9-10-11-12-13-14-15(17)16(18)19/h11-14,17-19H,2-10H2,1H3. The Hall–Kier alpha value is -1.38. The maximum Gasteiger partial charge on any atom is 0.318 e. The van der Waals surface area contributed by atoms with Crippen molar-refractivity contribution in [2.75, 3.05) is 0 Å². The van der Waals surface area contributed by atoms with Crippen molar-refractivity contribution in [2.24, 2.45) is 0 Å². The zero-order valence-corrected chi connectivity index (χ0v) is 12.0. The van der Waals surface area contributed by atoms with Crippen LogP contribution in [0.15, 0.2) is 36.0 Å². The van der Waals surface area contributed by atoms with Crippen LogP contribution in [0.3, 0.4) is 0 Å². The molecule has 0 radical (unpaired) electrons. The van der Waals surface area contributed by atoms with E-state index < -0.39 is 11.7 Å². The van der Waals surface area contributed by atoms with Gasteiger partial charge in [0.05, 0.1) is 0 Å². The zero-order chi connectivity index (χ0) is 14.3. The number of aliphatic hydroxyl groups excluding tert-OH is 2. The summed E-state index contributed by atoms with van der Waals surface area (Å²) in [5, 5.41) is 26.0. The molecular weight excluding hydrogens is 240 g/mol. The van der Waals surface area contributed by atoms with Gasteiger partial charge in [0, 0.05) is 0 Å². The second kappa shape index (κ2) is 13.1. The third-order valence-corrected chi connectivity index (χ3v) is 2.95. The van der Waals surface area contributed by atoms with E-state index in [1.54, 1.807) is 12.2 Å². The van der Waals surface area contributed by atoms with Gasteiger partial charge in [-0.25, -0.2) is 0 Å². The lowest BCUT2D eigenvalue weighted by molar-refractivity contribution is 0.163. The van der Waals surface area contributed by atoms with Crippen molar-refractivity contribution in [3.63, 3.8) is 0 Å². The molecule has 0 saturated heterocycles. The Bertz CT molecular complexity index is 286. The molecule has 19 heavy (non-hydrogen) atoms. The van der Waals surface area contributed by atoms with Crippen LogP contribution in [0.5, 0.6) is 0 Å². The highest BCUT2D eigenvalue weighted by Gasteiger charge is 1.93. The summed E-state index contributed by atoms with van der Waals surface area (Å²) in [5.41, 5.74) is 0. The molecule has 0 rings (SSSR count). The molecule has 0 aliphatic heterocycles. The van der Waals surface area contributed by atoms with E-state index in [9.17, 15) is 0 Å². The molecule has 0 unspecified atom stereocenters. The minimum atomic E-state index is -1.05. The van der Waals surface area contributed by atoms with Crippen molar-refractivity contribution >= 4 is 0 Å². The monoisotopic (exact) mass is 268 g/mol. The van der Waals surface area contributed by atoms with Crippen molar-refractivity contribution in [1.82, 2.24) is 0 Å². The predicted molar refractivity (Wildman–Crippen MR) is 80.4 cm³/mol. The van der Waals surface area contributed by atoms with Gasteiger partial charge in [-0.2, -0.15) is 0 Å². The Morgan fingerprint density at radius 3 is 1.95 bits per heavy atom. The van der Waals surface area contributed by atoms with Crippen LogP contribution >= 0.6 is 0 Å². The lowest BCUT2D eigenvalue weighted by Crippen LogP contribution is -1.83. The second-order valence-electron chi connectivity index (χ2n) is 4.76. The van der Waals surface area contributed by atoms with E-state index in [-0.39, 0.29) is 0 Å². The molecule has 0 aromatic carbocycles. The summed E-state index contributed by atoms with van der Waals surface area (Å²) in [7, 11) is 0. The molecule has 3 nitrogen and oxygen atoms in total. The number of aliphatic hydroxyl groups is 3. The van der Waals surface area contributed by atoms with Gasteiger partial charge in [-0.05, 0) is 18.9 Å². The molecule has 0 atom stereocenters. The van der Waals surface area contributed by atoms with Crippen LogP contribution in [0.1, 0.15) is 64.7 Å². The number of hydrogen-bond donors (Lipinski definition) is 3. The fourth-order valence-electron chi connectivity index (χ4n) is 1.79. The third-order valence-electron chi connectivity index (χ3n) is 2.95. The molecule has 0 saturated carbocycles. The van der Waals surface area contributed by atoms with Gasteiger partial charge in [0.2, 0.25) is 0 Å². The largest absolute Gasteiger partial charge is 0.502 e. The number of allylic oxidation sites excluding steroid dienone is 4. The topological polar surface area (TPSA) is 60.7 Å². The van der Waals surface area contributed by atoms with Crippen LogP contribution in [-0.4, -0.2) is 15.3 Å². The fourth-order valence-corrected chi connectivity index (χ4v) is 1.79. The van der Waals surface area contributed by atoms with Crippen LogP contribution < -0.4 is 0 Å². The number of rotatable bonds is 11. The van der Waals surface area contributed by atoms with E-state index in [0.29, 0.717) is 0 Å². The summed E-state index contributed by atoms with van der Waals surface area (Å²) in [6, 6.07) is 0. The SMILES string of the molecule is CCCCCCCCCCC=CC=CC(O)=C(O)O. The Labute approximate surface area is 117 Å². The van der Waals surface area contributed by atoms with E-state index >= 15 is 0 Å². The van der Waals surface area contributed by atoms with E-state index in [1.807, 2.05) is 6.08 Å². The van der Waals surface area contributed by atoms with Gasteiger partial charge in [-0.15, -0.1) is 0 Å². The molecule has 0 aliphatic carbocycles. The van der Waals surface area contributed by atoms with Crippen LogP contribution in [0.2, 0.25) is 0 Å². The van der Waals surface area contributed by atoms with Crippen molar-refractivity contribution in [3.8, 4) is 0 Å². The molecule has 0 amide bonds. The number of hydrogen-bond acceptors (Lipinski definition) is 3. The molecule has 3 N–H and O–H groups in total. The Kier molecular flexibility index (Phi) is 12.1. The zero-order valence-electron chi connectivity index (χ0n) is 12.0. The van der Waals surface area contributed by atoms with Gasteiger partial charge < -0.3 is 15.3 Å². The summed E-state index contributed by atoms with van der Waals surface area (Å²) < 4.78 is 0. The van der Waals surface area contributed by atoms with Crippen molar-refractivity contribution in [3.05, 3.63) is 36.0 Å². The van der Waals surface area contributed by atoms with E-state index in [4.69, 9.17) is 15.3 Å². The summed E-state index contributed by atoms with van der Waals surface area (Å²) in [5.74, 6) is -1.57. The van der Waals surface area contributed by atoms with Crippen molar-refractivity contribution in [1.29, 1.82) is 0 Å². The van der Waals surface area contributed by atoms with Gasteiger partial charge in [0.1, 0.15) is 0 Å². The van der Waals surface area contributed by atoms with Gasteiger partial charge in [0.25, 0.3) is 0 Å². The number of unbranched alkanes of at least 4 members (excludes halogenated alkanes) is 8. The van der Waals surface area contributed by atoms with Crippen LogP contribution in [0.4, 0.5) is 0 Å². The van der Waals surface area contributed by atoms with Crippen LogP contribution in [-0.2, 0) is 0 Å². The van der Waals surface area contributed by atoms with Crippen molar-refractivity contribution in [2.45, 2.75) is 64.7 Å². The molecule has 0 heterocycles. The summed E-state index contributed by atoms with van der Waals surface area (Å²) >= 11 is 0.